The van der Waals surface area contributed by atoms with E-state index < -0.39 is 21.5 Å². The Morgan fingerprint density at radius 2 is 0.840 bits per heavy atom. The number of hydrogen-bond donors (Lipinski definition) is 0. The van der Waals surface area contributed by atoms with Gasteiger partial charge in [-0.3, -0.25) is 0 Å². The van der Waals surface area contributed by atoms with E-state index in [1.807, 2.05) is 24.3 Å². The minimum absolute atomic E-state index is 0.124. The third kappa shape index (κ3) is 5.59. The molecule has 0 heterocycles. The second kappa shape index (κ2) is 13.2. The molecule has 0 radical (unpaired) electrons. The van der Waals surface area contributed by atoms with Gasteiger partial charge in [-0.25, -0.2) is 0 Å². The molecule has 0 saturated carbocycles. The molecule has 8 rings (SSSR count). The van der Waals surface area contributed by atoms with Crippen LogP contribution in [0.4, 0.5) is 0 Å². The molecule has 0 spiro atoms. The third-order valence-corrected chi connectivity index (χ3v) is 53.6. The first-order valence-corrected chi connectivity index (χ1v) is 32.9. The molecule has 6 aromatic carbocycles. The van der Waals surface area contributed by atoms with Gasteiger partial charge in [0.2, 0.25) is 0 Å². The fraction of sp³-hybridized carbons (Fsp3) is 0.0909. The molecular weight excluding hydrogens is 790 g/mol. The van der Waals surface area contributed by atoms with Gasteiger partial charge in [-0.1, -0.05) is 0 Å². The predicted octanol–water partition coefficient (Wildman–Crippen LogP) is 12.5. The molecular formula is C44H35Cl4SiZr. The van der Waals surface area contributed by atoms with Gasteiger partial charge in [0.25, 0.3) is 0 Å². The summed E-state index contributed by atoms with van der Waals surface area (Å²) in [6.07, 6.45) is 4.73. The molecule has 50 heavy (non-hydrogen) atoms. The molecule has 247 valence electrons. The number of allylic oxidation sites excluding steroid dienone is 2. The molecule has 2 atom stereocenters. The van der Waals surface area contributed by atoms with Crippen LogP contribution in [-0.4, -0.2) is 5.92 Å². The van der Waals surface area contributed by atoms with Crippen molar-refractivity contribution in [2.24, 2.45) is 0 Å². The van der Waals surface area contributed by atoms with Crippen molar-refractivity contribution in [2.75, 3.05) is 0 Å². The second-order valence-electron chi connectivity index (χ2n) is 13.8. The van der Waals surface area contributed by atoms with E-state index in [1.54, 1.807) is 0 Å². The summed E-state index contributed by atoms with van der Waals surface area (Å²) >= 11 is 7.63. The summed E-state index contributed by atoms with van der Waals surface area (Å²) in [6, 6.07) is 51.3. The van der Waals surface area contributed by atoms with Crippen LogP contribution in [0.15, 0.2) is 157 Å². The van der Waals surface area contributed by atoms with Crippen LogP contribution in [0, 0.1) is 0 Å². The molecule has 6 heteroatoms. The van der Waals surface area contributed by atoms with Crippen LogP contribution in [0.25, 0.3) is 34.4 Å². The van der Waals surface area contributed by atoms with E-state index in [0.717, 1.165) is 0 Å². The average Bonchev–Trinajstić information content (AvgIpc) is 3.67. The summed E-state index contributed by atoms with van der Waals surface area (Å²) in [6.45, 7) is 4.50. The summed E-state index contributed by atoms with van der Waals surface area (Å²) < 4.78 is -0.248. The SMILES string of the molecule is CC1=Cc2c(-c3ccccc3)cccc2[CH]1[Zr]([Cl])([Cl])([CH]1C(C)=Cc2c(-c3ccccc3)cccc21)[SiH](c1ccc(Cl)cc1)c1ccc(Cl)cc1. The number of fused-ring (bicyclic) bond motifs is 2. The van der Waals surface area contributed by atoms with Crippen LogP contribution in [0.5, 0.6) is 0 Å². The first kappa shape index (κ1) is 34.2. The average molecular weight is 825 g/mol. The van der Waals surface area contributed by atoms with Crippen molar-refractivity contribution in [1.82, 2.24) is 0 Å². The zero-order chi connectivity index (χ0) is 34.6. The first-order valence-electron chi connectivity index (χ1n) is 17.0. The molecule has 2 aliphatic rings. The Labute approximate surface area is 313 Å². The van der Waals surface area contributed by atoms with E-state index in [-0.39, 0.29) is 7.25 Å². The molecule has 6 aromatic rings. The molecule has 0 bridgehead atoms. The Bertz CT molecular complexity index is 2140. The molecule has 2 aliphatic carbocycles. The van der Waals surface area contributed by atoms with Crippen LogP contribution in [0.1, 0.15) is 43.4 Å². The Morgan fingerprint density at radius 3 is 1.22 bits per heavy atom. The van der Waals surface area contributed by atoms with Gasteiger partial charge in [0.1, 0.15) is 0 Å². The summed E-state index contributed by atoms with van der Waals surface area (Å²) in [5.41, 5.74) is 12.2. The zero-order valence-corrected chi connectivity index (χ0v) is 34.4. The van der Waals surface area contributed by atoms with E-state index in [9.17, 15) is 0 Å². The summed E-state index contributed by atoms with van der Waals surface area (Å²) in [7, 11) is 18.1. The number of rotatable bonds is 7. The Kier molecular flexibility index (Phi) is 9.04. The monoisotopic (exact) mass is 821 g/mol. The van der Waals surface area contributed by atoms with Crippen molar-refractivity contribution in [2.45, 2.75) is 21.1 Å². The van der Waals surface area contributed by atoms with Gasteiger partial charge in [0.15, 0.2) is 0 Å². The molecule has 0 nitrogen and oxygen atoms in total. The van der Waals surface area contributed by atoms with Gasteiger partial charge in [-0.2, -0.15) is 0 Å². The van der Waals surface area contributed by atoms with Crippen molar-refractivity contribution < 1.29 is 15.6 Å². The van der Waals surface area contributed by atoms with Crippen molar-refractivity contribution in [3.8, 4) is 22.3 Å². The van der Waals surface area contributed by atoms with Crippen LogP contribution in [0.3, 0.4) is 0 Å². The van der Waals surface area contributed by atoms with Gasteiger partial charge in [0, 0.05) is 0 Å². The molecule has 0 amide bonds. The van der Waals surface area contributed by atoms with E-state index in [4.69, 9.17) is 40.2 Å². The molecule has 2 unspecified atom stereocenters. The molecule has 0 saturated heterocycles. The van der Waals surface area contributed by atoms with Gasteiger partial charge in [0.05, 0.1) is 0 Å². The summed E-state index contributed by atoms with van der Waals surface area (Å²) in [4.78, 5) is 0. The fourth-order valence-corrected chi connectivity index (χ4v) is 60.5. The van der Waals surface area contributed by atoms with Crippen molar-refractivity contribution in [3.63, 3.8) is 0 Å². The molecule has 0 aliphatic heterocycles. The van der Waals surface area contributed by atoms with Crippen molar-refractivity contribution in [1.29, 1.82) is 0 Å². The van der Waals surface area contributed by atoms with Gasteiger partial charge < -0.3 is 0 Å². The maximum absolute atomic E-state index is 9.05. The second-order valence-corrected chi connectivity index (χ2v) is 52.8. The summed E-state index contributed by atoms with van der Waals surface area (Å²) in [5.74, 6) is -2.47. The Morgan fingerprint density at radius 1 is 0.460 bits per heavy atom. The van der Waals surface area contributed by atoms with Gasteiger partial charge in [-0.15, -0.1) is 0 Å². The van der Waals surface area contributed by atoms with Crippen LogP contribution in [0.2, 0.25) is 10.0 Å². The van der Waals surface area contributed by atoms with Crippen molar-refractivity contribution >= 4 is 68.7 Å². The van der Waals surface area contributed by atoms with E-state index >= 15 is 0 Å². The van der Waals surface area contributed by atoms with E-state index in [0.29, 0.717) is 10.0 Å². The standard InChI is InChI=1S/2C16H13.C12H9Cl2Si.2ClH.Zr/c2*1-12-10-14-8-5-9-15(16(14)11-12)13-6-3-2-4-7-13;13-9-1-5-11(6-2-9)15-12-7-3-10(14)4-8-12;;;/h2*2-11H,1H3;1-8,15H;2*1H;/q;;;;;+2/p-2. The Balaban J connectivity index is 1.45. The molecule has 0 N–H and O–H groups in total. The van der Waals surface area contributed by atoms with Gasteiger partial charge >= 0.3 is 317 Å². The predicted molar refractivity (Wildman–Crippen MR) is 218 cm³/mol. The fourth-order valence-electron chi connectivity index (χ4n) is 8.95. The number of hydrogen-bond acceptors (Lipinski definition) is 0. The summed E-state index contributed by atoms with van der Waals surface area (Å²) in [5, 5.41) is 3.80. The van der Waals surface area contributed by atoms with Crippen LogP contribution < -0.4 is 10.4 Å². The molecule has 0 fully saturated rings. The number of benzene rings is 6. The first-order chi connectivity index (χ1) is 24.1. The minimum atomic E-state index is -5.47. The Hall–Kier alpha value is -2.94. The van der Waals surface area contributed by atoms with Crippen molar-refractivity contribution in [3.05, 3.63) is 189 Å². The topological polar surface area (TPSA) is 0 Å². The normalized spacial score (nSPS) is 17.5. The maximum atomic E-state index is 9.05. The van der Waals surface area contributed by atoms with Crippen LogP contribution >= 0.6 is 40.2 Å². The quantitative estimate of drug-likeness (QED) is 0.141. The third-order valence-electron chi connectivity index (χ3n) is 10.8. The van der Waals surface area contributed by atoms with E-state index in [2.05, 4.69) is 147 Å². The van der Waals surface area contributed by atoms with E-state index in [1.165, 1.54) is 66.0 Å². The van der Waals surface area contributed by atoms with Crippen LogP contribution in [-0.2, 0) is 15.6 Å². The molecule has 0 aromatic heterocycles. The zero-order valence-electron chi connectivity index (χ0n) is 27.8. The van der Waals surface area contributed by atoms with Gasteiger partial charge in [-0.05, 0) is 0 Å². The number of halogens is 4.